The van der Waals surface area contributed by atoms with E-state index in [1.807, 2.05) is 19.3 Å². The average molecular weight is 288 g/mol. The number of carbonyl (C=O) groups excluding carboxylic acids is 1. The summed E-state index contributed by atoms with van der Waals surface area (Å²) in [7, 11) is 1.91. The van der Waals surface area contributed by atoms with Gasteiger partial charge in [0.1, 0.15) is 5.82 Å². The summed E-state index contributed by atoms with van der Waals surface area (Å²) in [6, 6.07) is 4.92. The number of anilines is 1. The number of pyridine rings is 1. The van der Waals surface area contributed by atoms with E-state index in [9.17, 15) is 4.79 Å². The Morgan fingerprint density at radius 1 is 1.43 bits per heavy atom. The summed E-state index contributed by atoms with van der Waals surface area (Å²) in [6.07, 6.45) is 6.91. The molecule has 2 N–H and O–H groups in total. The minimum absolute atomic E-state index is 0.226. The second-order valence-corrected chi connectivity index (χ2v) is 6.01. The molecule has 2 saturated heterocycles. The molecule has 1 aromatic rings. The molecule has 0 spiro atoms. The van der Waals surface area contributed by atoms with Gasteiger partial charge in [-0.25, -0.2) is 4.98 Å². The molecule has 1 amide bonds. The molecule has 2 atom stereocenters. The summed E-state index contributed by atoms with van der Waals surface area (Å²) in [4.78, 5) is 18.7. The topological polar surface area (TPSA) is 57.3 Å². The molecule has 0 aromatic carbocycles. The van der Waals surface area contributed by atoms with Crippen molar-refractivity contribution in [2.24, 2.45) is 0 Å². The summed E-state index contributed by atoms with van der Waals surface area (Å²) in [5.41, 5.74) is 1.23. The van der Waals surface area contributed by atoms with E-state index in [-0.39, 0.29) is 5.91 Å². The van der Waals surface area contributed by atoms with Crippen LogP contribution in [0, 0.1) is 0 Å². The molecule has 0 saturated carbocycles. The molecule has 1 aromatic heterocycles. The standard InChI is InChI=1S/C16H24N4O/c1-17-16-12(5-4-9-18-16)11-20-10-8-13-14(20)6-2-3-7-15(21)19-13/h4-5,9,13-14H,2-3,6-8,10-11H2,1H3,(H,17,18)(H,19,21)/t13-,14+/m0/s1. The SMILES string of the molecule is CNc1ncccc1CN1CC[C@@H]2NC(=O)CCCC[C@H]21. The van der Waals surface area contributed by atoms with Crippen molar-refractivity contribution < 1.29 is 4.79 Å². The fourth-order valence-corrected chi connectivity index (χ4v) is 3.59. The highest BCUT2D eigenvalue weighted by atomic mass is 16.1. The second kappa shape index (κ2) is 6.43. The van der Waals surface area contributed by atoms with Crippen molar-refractivity contribution in [2.75, 3.05) is 18.9 Å². The second-order valence-electron chi connectivity index (χ2n) is 6.01. The van der Waals surface area contributed by atoms with Gasteiger partial charge in [-0.2, -0.15) is 0 Å². The van der Waals surface area contributed by atoms with Crippen LogP contribution in [-0.4, -0.2) is 41.5 Å². The molecule has 0 aliphatic carbocycles. The first-order valence-electron chi connectivity index (χ1n) is 7.93. The summed E-state index contributed by atoms with van der Waals surface area (Å²) in [5.74, 6) is 1.18. The Kier molecular flexibility index (Phi) is 4.39. The fourth-order valence-electron chi connectivity index (χ4n) is 3.59. The minimum Gasteiger partial charge on any atom is -0.373 e. The Balaban J connectivity index is 1.72. The van der Waals surface area contributed by atoms with Gasteiger partial charge in [-0.05, 0) is 25.3 Å². The largest absolute Gasteiger partial charge is 0.373 e. The van der Waals surface area contributed by atoms with Gasteiger partial charge < -0.3 is 10.6 Å². The van der Waals surface area contributed by atoms with Gasteiger partial charge in [-0.1, -0.05) is 12.5 Å². The lowest BCUT2D eigenvalue weighted by Gasteiger charge is -2.30. The highest BCUT2D eigenvalue weighted by Gasteiger charge is 2.35. The van der Waals surface area contributed by atoms with Crippen LogP contribution in [0.5, 0.6) is 0 Å². The molecule has 2 fully saturated rings. The van der Waals surface area contributed by atoms with Crippen LogP contribution < -0.4 is 10.6 Å². The van der Waals surface area contributed by atoms with Crippen molar-refractivity contribution in [3.8, 4) is 0 Å². The quantitative estimate of drug-likeness (QED) is 0.890. The van der Waals surface area contributed by atoms with Crippen molar-refractivity contribution in [1.82, 2.24) is 15.2 Å². The van der Waals surface area contributed by atoms with Crippen LogP contribution in [0.3, 0.4) is 0 Å². The van der Waals surface area contributed by atoms with Crippen molar-refractivity contribution in [2.45, 2.75) is 50.7 Å². The van der Waals surface area contributed by atoms with E-state index in [0.29, 0.717) is 18.5 Å². The molecular formula is C16H24N4O. The lowest BCUT2D eigenvalue weighted by atomic mass is 9.98. The number of hydrogen-bond donors (Lipinski definition) is 2. The average Bonchev–Trinajstić information content (AvgIpc) is 2.83. The van der Waals surface area contributed by atoms with Crippen molar-refractivity contribution in [3.63, 3.8) is 0 Å². The summed E-state index contributed by atoms with van der Waals surface area (Å²) >= 11 is 0. The molecular weight excluding hydrogens is 264 g/mol. The van der Waals surface area contributed by atoms with E-state index in [2.05, 4.69) is 26.6 Å². The van der Waals surface area contributed by atoms with E-state index >= 15 is 0 Å². The predicted molar refractivity (Wildman–Crippen MR) is 83.0 cm³/mol. The minimum atomic E-state index is 0.226. The van der Waals surface area contributed by atoms with Crippen molar-refractivity contribution >= 4 is 11.7 Å². The number of amides is 1. The van der Waals surface area contributed by atoms with E-state index in [1.54, 1.807) is 0 Å². The zero-order valence-corrected chi connectivity index (χ0v) is 12.6. The number of fused-ring (bicyclic) bond motifs is 1. The Morgan fingerprint density at radius 3 is 3.19 bits per heavy atom. The number of aromatic nitrogens is 1. The smallest absolute Gasteiger partial charge is 0.220 e. The van der Waals surface area contributed by atoms with Crippen LogP contribution in [0.2, 0.25) is 0 Å². The van der Waals surface area contributed by atoms with E-state index in [1.165, 1.54) is 12.0 Å². The van der Waals surface area contributed by atoms with Gasteiger partial charge in [0.05, 0.1) is 0 Å². The molecule has 5 heteroatoms. The number of hydrogen-bond acceptors (Lipinski definition) is 4. The lowest BCUT2D eigenvalue weighted by Crippen LogP contribution is -2.45. The first-order chi connectivity index (χ1) is 10.3. The van der Waals surface area contributed by atoms with Gasteiger partial charge in [0.15, 0.2) is 0 Å². The maximum Gasteiger partial charge on any atom is 0.220 e. The van der Waals surface area contributed by atoms with Gasteiger partial charge in [0.25, 0.3) is 0 Å². The first kappa shape index (κ1) is 14.3. The summed E-state index contributed by atoms with van der Waals surface area (Å²) in [6.45, 7) is 1.95. The van der Waals surface area contributed by atoms with Crippen LogP contribution in [0.1, 0.15) is 37.7 Å². The molecule has 2 aliphatic rings. The maximum atomic E-state index is 11.8. The molecule has 3 rings (SSSR count). The third-order valence-electron chi connectivity index (χ3n) is 4.66. The number of carbonyl (C=O) groups is 1. The van der Waals surface area contributed by atoms with Crippen LogP contribution >= 0.6 is 0 Å². The van der Waals surface area contributed by atoms with Crippen LogP contribution in [-0.2, 0) is 11.3 Å². The van der Waals surface area contributed by atoms with Crippen molar-refractivity contribution in [3.05, 3.63) is 23.9 Å². The number of likely N-dealkylation sites (tertiary alicyclic amines) is 1. The van der Waals surface area contributed by atoms with Crippen molar-refractivity contribution in [1.29, 1.82) is 0 Å². The molecule has 0 radical (unpaired) electrons. The fraction of sp³-hybridized carbons (Fsp3) is 0.625. The molecule has 0 bridgehead atoms. The molecule has 3 heterocycles. The molecule has 114 valence electrons. The lowest BCUT2D eigenvalue weighted by molar-refractivity contribution is -0.122. The maximum absolute atomic E-state index is 11.8. The Bertz CT molecular complexity index is 505. The molecule has 2 aliphatic heterocycles. The first-order valence-corrected chi connectivity index (χ1v) is 7.93. The number of rotatable bonds is 3. The van der Waals surface area contributed by atoms with Crippen LogP contribution in [0.4, 0.5) is 5.82 Å². The van der Waals surface area contributed by atoms with E-state index < -0.39 is 0 Å². The van der Waals surface area contributed by atoms with Gasteiger partial charge in [0.2, 0.25) is 5.91 Å². The normalized spacial score (nSPS) is 26.6. The molecule has 21 heavy (non-hydrogen) atoms. The van der Waals surface area contributed by atoms with Gasteiger partial charge in [-0.15, -0.1) is 0 Å². The number of nitrogens with zero attached hydrogens (tertiary/aromatic N) is 2. The van der Waals surface area contributed by atoms with Crippen LogP contribution in [0.25, 0.3) is 0 Å². The summed E-state index contributed by atoms with van der Waals surface area (Å²) < 4.78 is 0. The molecule has 0 unspecified atom stereocenters. The third kappa shape index (κ3) is 3.18. The van der Waals surface area contributed by atoms with E-state index in [4.69, 9.17) is 0 Å². The number of nitrogens with one attached hydrogen (secondary N) is 2. The zero-order chi connectivity index (χ0) is 14.7. The van der Waals surface area contributed by atoms with Gasteiger partial charge >= 0.3 is 0 Å². The van der Waals surface area contributed by atoms with Gasteiger partial charge in [0, 0.05) is 50.4 Å². The Morgan fingerprint density at radius 2 is 2.33 bits per heavy atom. The van der Waals surface area contributed by atoms with Gasteiger partial charge in [-0.3, -0.25) is 9.69 Å². The van der Waals surface area contributed by atoms with E-state index in [0.717, 1.165) is 38.2 Å². The highest BCUT2D eigenvalue weighted by Crippen LogP contribution is 2.27. The zero-order valence-electron chi connectivity index (χ0n) is 12.6. The summed E-state index contributed by atoms with van der Waals surface area (Å²) in [5, 5.41) is 6.38. The Hall–Kier alpha value is -1.62. The predicted octanol–water partition coefficient (Wildman–Crippen LogP) is 1.76. The molecule has 5 nitrogen and oxygen atoms in total. The highest BCUT2D eigenvalue weighted by molar-refractivity contribution is 5.76. The monoisotopic (exact) mass is 288 g/mol. The van der Waals surface area contributed by atoms with Crippen LogP contribution in [0.15, 0.2) is 18.3 Å². The third-order valence-corrected chi connectivity index (χ3v) is 4.66. The Labute approximate surface area is 126 Å².